The summed E-state index contributed by atoms with van der Waals surface area (Å²) in [6.07, 6.45) is 1.27. The van der Waals surface area contributed by atoms with E-state index in [0.29, 0.717) is 42.5 Å². The molecule has 0 N–H and O–H groups in total. The van der Waals surface area contributed by atoms with E-state index in [1.807, 2.05) is 74.5 Å². The van der Waals surface area contributed by atoms with Gasteiger partial charge >= 0.3 is 0 Å². The van der Waals surface area contributed by atoms with E-state index in [-0.39, 0.29) is 5.92 Å². The minimum absolute atomic E-state index is 0.0323. The molecule has 8 heteroatoms. The molecular weight excluding hydrogens is 462 g/mol. The summed E-state index contributed by atoms with van der Waals surface area (Å²) >= 11 is 0. The van der Waals surface area contributed by atoms with Crippen LogP contribution in [0.4, 0.5) is 0 Å². The standard InChI is InChI=1S/C27H27N3O4S/c1-19-3-9-23(10-4-19)33-24-11-7-21(8-12-24)26-28-27(34-29-26)22-15-17-30(18-16-22)35(31,32)25-13-5-20(2)6-14-25/h3-14,22H,15-18H2,1-2H3. The number of hydrogen-bond acceptors (Lipinski definition) is 6. The van der Waals surface area contributed by atoms with Crippen LogP contribution in [-0.4, -0.2) is 36.0 Å². The highest BCUT2D eigenvalue weighted by Crippen LogP contribution is 2.32. The molecule has 0 atom stereocenters. The van der Waals surface area contributed by atoms with Crippen molar-refractivity contribution in [1.82, 2.24) is 14.4 Å². The predicted octanol–water partition coefficient (Wildman–Crippen LogP) is 5.71. The number of aryl methyl sites for hydroxylation is 2. The number of hydrogen-bond donors (Lipinski definition) is 0. The van der Waals surface area contributed by atoms with Gasteiger partial charge < -0.3 is 9.26 Å². The molecule has 7 nitrogen and oxygen atoms in total. The van der Waals surface area contributed by atoms with Crippen molar-refractivity contribution < 1.29 is 17.7 Å². The third kappa shape index (κ3) is 5.13. The topological polar surface area (TPSA) is 85.5 Å². The first-order valence-electron chi connectivity index (χ1n) is 11.6. The lowest BCUT2D eigenvalue weighted by atomic mass is 9.98. The first kappa shape index (κ1) is 23.3. The van der Waals surface area contributed by atoms with Gasteiger partial charge in [0.05, 0.1) is 4.90 Å². The Morgan fingerprint density at radius 1 is 0.829 bits per heavy atom. The normalized spacial score (nSPS) is 15.3. The number of piperidine rings is 1. The van der Waals surface area contributed by atoms with Crippen LogP contribution >= 0.6 is 0 Å². The van der Waals surface area contributed by atoms with Gasteiger partial charge in [0, 0.05) is 24.6 Å². The zero-order valence-corrected chi connectivity index (χ0v) is 20.5. The van der Waals surface area contributed by atoms with Gasteiger partial charge in [-0.3, -0.25) is 0 Å². The van der Waals surface area contributed by atoms with Gasteiger partial charge in [0.15, 0.2) is 0 Å². The molecule has 0 unspecified atom stereocenters. The Labute approximate surface area is 205 Å². The van der Waals surface area contributed by atoms with Gasteiger partial charge in [0.1, 0.15) is 11.5 Å². The van der Waals surface area contributed by atoms with Crippen molar-refractivity contribution in [3.63, 3.8) is 0 Å². The Morgan fingerprint density at radius 2 is 1.37 bits per heavy atom. The number of benzene rings is 3. The third-order valence-corrected chi connectivity index (χ3v) is 8.19. The molecule has 0 bridgehead atoms. The Balaban J connectivity index is 1.21. The molecule has 2 heterocycles. The predicted molar refractivity (Wildman–Crippen MR) is 133 cm³/mol. The highest BCUT2D eigenvalue weighted by atomic mass is 32.2. The smallest absolute Gasteiger partial charge is 0.243 e. The molecule has 1 aromatic heterocycles. The van der Waals surface area contributed by atoms with Gasteiger partial charge in [-0.2, -0.15) is 9.29 Å². The highest BCUT2D eigenvalue weighted by molar-refractivity contribution is 7.89. The third-order valence-electron chi connectivity index (χ3n) is 6.27. The Hall–Kier alpha value is -3.49. The van der Waals surface area contributed by atoms with Crippen LogP contribution in [0, 0.1) is 13.8 Å². The number of aromatic nitrogens is 2. The van der Waals surface area contributed by atoms with E-state index in [4.69, 9.17) is 9.26 Å². The second-order valence-electron chi connectivity index (χ2n) is 8.89. The number of sulfonamides is 1. The fourth-order valence-electron chi connectivity index (χ4n) is 4.14. The maximum Gasteiger partial charge on any atom is 0.243 e. The summed E-state index contributed by atoms with van der Waals surface area (Å²) in [4.78, 5) is 4.93. The molecule has 0 amide bonds. The zero-order valence-electron chi connectivity index (χ0n) is 19.7. The van der Waals surface area contributed by atoms with Gasteiger partial charge in [-0.25, -0.2) is 8.42 Å². The van der Waals surface area contributed by atoms with E-state index in [1.165, 1.54) is 9.87 Å². The molecule has 3 aromatic carbocycles. The zero-order chi connectivity index (χ0) is 24.4. The fraction of sp³-hybridized carbons (Fsp3) is 0.259. The van der Waals surface area contributed by atoms with E-state index >= 15 is 0 Å². The average molecular weight is 490 g/mol. The van der Waals surface area contributed by atoms with Crippen LogP contribution in [0.15, 0.2) is 82.2 Å². The lowest BCUT2D eigenvalue weighted by Gasteiger charge is -2.29. The van der Waals surface area contributed by atoms with Crippen molar-refractivity contribution in [3.8, 4) is 22.9 Å². The minimum Gasteiger partial charge on any atom is -0.457 e. The van der Waals surface area contributed by atoms with Gasteiger partial charge in [-0.15, -0.1) is 0 Å². The summed E-state index contributed by atoms with van der Waals surface area (Å²) in [6, 6.07) is 22.4. The maximum atomic E-state index is 13.0. The highest BCUT2D eigenvalue weighted by Gasteiger charge is 2.32. The largest absolute Gasteiger partial charge is 0.457 e. The van der Waals surface area contributed by atoms with Crippen molar-refractivity contribution in [2.45, 2.75) is 37.5 Å². The lowest BCUT2D eigenvalue weighted by molar-refractivity contribution is 0.271. The van der Waals surface area contributed by atoms with Crippen molar-refractivity contribution in [2.24, 2.45) is 0 Å². The van der Waals surface area contributed by atoms with Crippen LogP contribution in [0.5, 0.6) is 11.5 Å². The summed E-state index contributed by atoms with van der Waals surface area (Å²) in [5.41, 5.74) is 3.04. The fourth-order valence-corrected chi connectivity index (χ4v) is 5.60. The molecule has 4 aromatic rings. The van der Waals surface area contributed by atoms with E-state index in [2.05, 4.69) is 10.1 Å². The van der Waals surface area contributed by atoms with Crippen molar-refractivity contribution in [2.75, 3.05) is 13.1 Å². The number of nitrogens with zero attached hydrogens (tertiary/aromatic N) is 3. The Morgan fingerprint density at radius 3 is 1.97 bits per heavy atom. The second kappa shape index (κ2) is 9.64. The quantitative estimate of drug-likeness (QED) is 0.345. The van der Waals surface area contributed by atoms with Crippen LogP contribution in [0.2, 0.25) is 0 Å². The number of ether oxygens (including phenoxy) is 1. The number of rotatable bonds is 6. The molecule has 1 saturated heterocycles. The van der Waals surface area contributed by atoms with Crippen LogP contribution < -0.4 is 4.74 Å². The molecule has 0 spiro atoms. The molecule has 1 fully saturated rings. The molecule has 0 saturated carbocycles. The average Bonchev–Trinajstić information content (AvgIpc) is 3.37. The Bertz CT molecular complexity index is 1390. The maximum absolute atomic E-state index is 13.0. The van der Waals surface area contributed by atoms with Gasteiger partial charge in [-0.05, 0) is 75.2 Å². The van der Waals surface area contributed by atoms with E-state index < -0.39 is 10.0 Å². The van der Waals surface area contributed by atoms with Crippen LogP contribution in [0.25, 0.3) is 11.4 Å². The summed E-state index contributed by atoms with van der Waals surface area (Å²) < 4.78 is 38.9. The second-order valence-corrected chi connectivity index (χ2v) is 10.8. The minimum atomic E-state index is -3.50. The van der Waals surface area contributed by atoms with Crippen LogP contribution in [0.1, 0.15) is 35.8 Å². The van der Waals surface area contributed by atoms with Gasteiger partial charge in [0.25, 0.3) is 0 Å². The molecule has 5 rings (SSSR count). The van der Waals surface area contributed by atoms with Crippen molar-refractivity contribution in [1.29, 1.82) is 0 Å². The summed E-state index contributed by atoms with van der Waals surface area (Å²) in [7, 11) is -3.50. The molecule has 0 aliphatic carbocycles. The first-order chi connectivity index (χ1) is 16.9. The molecular formula is C27H27N3O4S. The summed E-state index contributed by atoms with van der Waals surface area (Å²) in [6.45, 7) is 4.82. The summed E-state index contributed by atoms with van der Waals surface area (Å²) in [5.74, 6) is 2.60. The van der Waals surface area contributed by atoms with E-state index in [9.17, 15) is 8.42 Å². The van der Waals surface area contributed by atoms with Gasteiger partial charge in [-0.1, -0.05) is 40.5 Å². The SMILES string of the molecule is Cc1ccc(Oc2ccc(-c3noc(C4CCN(S(=O)(=O)c5ccc(C)cc5)CC4)n3)cc2)cc1. The molecule has 180 valence electrons. The van der Waals surface area contributed by atoms with Crippen LogP contribution in [-0.2, 0) is 10.0 Å². The molecule has 35 heavy (non-hydrogen) atoms. The van der Waals surface area contributed by atoms with E-state index in [1.54, 1.807) is 12.1 Å². The van der Waals surface area contributed by atoms with Crippen molar-refractivity contribution in [3.05, 3.63) is 89.8 Å². The summed E-state index contributed by atoms with van der Waals surface area (Å²) in [5, 5.41) is 4.15. The Kier molecular flexibility index (Phi) is 6.40. The molecule has 1 aliphatic rings. The molecule has 1 aliphatic heterocycles. The first-order valence-corrected chi connectivity index (χ1v) is 13.1. The lowest BCUT2D eigenvalue weighted by Crippen LogP contribution is -2.37. The van der Waals surface area contributed by atoms with Gasteiger partial charge in [0.2, 0.25) is 21.7 Å². The molecule has 0 radical (unpaired) electrons. The van der Waals surface area contributed by atoms with Crippen molar-refractivity contribution >= 4 is 10.0 Å². The van der Waals surface area contributed by atoms with E-state index in [0.717, 1.165) is 22.6 Å². The van der Waals surface area contributed by atoms with Crippen LogP contribution in [0.3, 0.4) is 0 Å². The monoisotopic (exact) mass is 489 g/mol.